The van der Waals surface area contributed by atoms with E-state index in [1.165, 1.54) is 36.8 Å². The molecule has 2 aliphatic rings. The van der Waals surface area contributed by atoms with E-state index in [-0.39, 0.29) is 10.5 Å². The van der Waals surface area contributed by atoms with Crippen molar-refractivity contribution in [2.75, 3.05) is 0 Å². The van der Waals surface area contributed by atoms with Gasteiger partial charge in [-0.05, 0) is 54.7 Å². The van der Waals surface area contributed by atoms with Gasteiger partial charge in [-0.1, -0.05) is 55.6 Å². The third-order valence-corrected chi connectivity index (χ3v) is 10.7. The molecule has 0 aliphatic heterocycles. The second-order valence-electron chi connectivity index (χ2n) is 8.42. The maximum Gasteiger partial charge on any atom is 0.250 e. The predicted octanol–water partition coefficient (Wildman–Crippen LogP) is 6.64. The molecule has 1 aromatic rings. The first-order chi connectivity index (χ1) is 10.1. The molecule has 0 bridgehead atoms. The molecule has 0 radical (unpaired) electrons. The van der Waals surface area contributed by atoms with Gasteiger partial charge >= 0.3 is 0 Å². The molecule has 0 atom stereocenters. The monoisotopic (exact) mass is 378 g/mol. The van der Waals surface area contributed by atoms with E-state index in [1.807, 2.05) is 0 Å². The van der Waals surface area contributed by atoms with Crippen molar-refractivity contribution >= 4 is 30.0 Å². The lowest BCUT2D eigenvalue weighted by atomic mass is 9.81. The number of benzene rings is 1. The van der Waals surface area contributed by atoms with Crippen molar-refractivity contribution in [3.63, 3.8) is 0 Å². The van der Waals surface area contributed by atoms with Gasteiger partial charge in [0.15, 0.2) is 0 Å². The lowest BCUT2D eigenvalue weighted by Gasteiger charge is -2.37. The Hall–Kier alpha value is -0.543. The predicted molar refractivity (Wildman–Crippen MR) is 101 cm³/mol. The number of fused-ring (bicyclic) bond motifs is 2. The highest BCUT2D eigenvalue weighted by atomic mass is 79.9. The molecule has 0 unspecified atom stereocenters. The summed E-state index contributed by atoms with van der Waals surface area (Å²) in [7, 11) is -1.81. The van der Waals surface area contributed by atoms with Crippen LogP contribution in [0, 0.1) is 0 Å². The molecule has 0 aromatic heterocycles. The summed E-state index contributed by atoms with van der Waals surface area (Å²) in [5, 5.41) is 0.228. The molecule has 0 N–H and O–H groups in total. The Morgan fingerprint density at radius 2 is 1.77 bits per heavy atom. The Bertz CT molecular complexity index is 619. The summed E-state index contributed by atoms with van der Waals surface area (Å²) in [6, 6.07) is 6.74. The van der Waals surface area contributed by atoms with E-state index in [2.05, 4.69) is 74.1 Å². The van der Waals surface area contributed by atoms with E-state index < -0.39 is 8.32 Å². The number of allylic oxidation sites excluding steroid dienone is 1. The van der Waals surface area contributed by atoms with Crippen LogP contribution in [-0.4, -0.2) is 8.32 Å². The van der Waals surface area contributed by atoms with Crippen molar-refractivity contribution in [3.05, 3.63) is 39.9 Å². The molecule has 0 heterocycles. The van der Waals surface area contributed by atoms with Crippen LogP contribution < -0.4 is 0 Å². The molecule has 0 saturated heterocycles. The number of halogens is 1. The lowest BCUT2D eigenvalue weighted by molar-refractivity contribution is 0.456. The summed E-state index contributed by atoms with van der Waals surface area (Å²) in [4.78, 5) is 0. The van der Waals surface area contributed by atoms with Crippen LogP contribution in [0.4, 0.5) is 0 Å². The molecule has 1 fully saturated rings. The second-order valence-corrected chi connectivity index (χ2v) is 14.1. The normalized spacial score (nSPS) is 20.2. The van der Waals surface area contributed by atoms with Crippen LogP contribution in [-0.2, 0) is 9.84 Å². The highest BCUT2D eigenvalue weighted by Gasteiger charge is 2.45. The summed E-state index contributed by atoms with van der Waals surface area (Å²) in [5.41, 5.74) is 3.05. The Kier molecular flexibility index (Phi) is 3.88. The largest absolute Gasteiger partial charge is 0.543 e. The van der Waals surface area contributed by atoms with Crippen molar-refractivity contribution in [2.24, 2.45) is 0 Å². The van der Waals surface area contributed by atoms with E-state index in [0.29, 0.717) is 0 Å². The zero-order valence-corrected chi connectivity index (χ0v) is 17.0. The molecule has 1 aromatic carbocycles. The Balaban J connectivity index is 2.04. The van der Waals surface area contributed by atoms with Crippen LogP contribution in [0.5, 0.6) is 0 Å². The quantitative estimate of drug-likeness (QED) is 0.524. The Labute approximate surface area is 144 Å². The molecule has 120 valence electrons. The van der Waals surface area contributed by atoms with E-state index in [0.717, 1.165) is 10.2 Å². The molecule has 2 aliphatic carbocycles. The zero-order chi connectivity index (χ0) is 16.2. The standard InChI is InChI=1S/C19H27BrOSi/c1-18(2,3)22(4,5)21-17-13-19(10-6-7-11-19)16-9-8-14(20)12-15(16)17/h8-9,12-13H,6-7,10-11H2,1-5H3. The number of rotatable bonds is 2. The first kappa shape index (κ1) is 16.3. The van der Waals surface area contributed by atoms with Gasteiger partial charge in [0.05, 0.1) is 0 Å². The Morgan fingerprint density at radius 3 is 2.36 bits per heavy atom. The maximum atomic E-state index is 6.71. The molecule has 3 heteroatoms. The molecule has 0 amide bonds. The molecule has 3 rings (SSSR count). The molecular weight excluding hydrogens is 352 g/mol. The van der Waals surface area contributed by atoms with Gasteiger partial charge in [-0.25, -0.2) is 0 Å². The third kappa shape index (κ3) is 2.60. The van der Waals surface area contributed by atoms with Crippen LogP contribution in [0.15, 0.2) is 28.7 Å². The first-order valence-electron chi connectivity index (χ1n) is 8.37. The van der Waals surface area contributed by atoms with Crippen molar-refractivity contribution in [3.8, 4) is 0 Å². The van der Waals surface area contributed by atoms with Crippen LogP contribution >= 0.6 is 15.9 Å². The molecule has 1 nitrogen and oxygen atoms in total. The van der Waals surface area contributed by atoms with Gasteiger partial charge in [-0.15, -0.1) is 0 Å². The second kappa shape index (κ2) is 5.24. The molecule has 1 saturated carbocycles. The van der Waals surface area contributed by atoms with Gasteiger partial charge < -0.3 is 4.43 Å². The summed E-state index contributed by atoms with van der Waals surface area (Å²) in [6.45, 7) is 11.6. The van der Waals surface area contributed by atoms with Gasteiger partial charge in [-0.3, -0.25) is 0 Å². The smallest absolute Gasteiger partial charge is 0.250 e. The zero-order valence-electron chi connectivity index (χ0n) is 14.4. The lowest BCUT2D eigenvalue weighted by Crippen LogP contribution is -2.40. The van der Waals surface area contributed by atoms with Gasteiger partial charge in [-0.2, -0.15) is 0 Å². The first-order valence-corrected chi connectivity index (χ1v) is 12.1. The van der Waals surface area contributed by atoms with Crippen LogP contribution in [0.2, 0.25) is 18.1 Å². The maximum absolute atomic E-state index is 6.71. The Morgan fingerprint density at radius 1 is 1.14 bits per heavy atom. The fraction of sp³-hybridized carbons (Fsp3) is 0.579. The van der Waals surface area contributed by atoms with Gasteiger partial charge in [0.1, 0.15) is 5.76 Å². The van der Waals surface area contributed by atoms with Crippen molar-refractivity contribution in [1.29, 1.82) is 0 Å². The molecule has 1 spiro atoms. The fourth-order valence-electron chi connectivity index (χ4n) is 3.49. The topological polar surface area (TPSA) is 9.23 Å². The highest BCUT2D eigenvalue weighted by Crippen LogP contribution is 2.52. The number of hydrogen-bond acceptors (Lipinski definition) is 1. The highest BCUT2D eigenvalue weighted by molar-refractivity contribution is 9.10. The summed E-state index contributed by atoms with van der Waals surface area (Å²) >= 11 is 3.64. The van der Waals surface area contributed by atoms with Crippen molar-refractivity contribution in [2.45, 2.75) is 70.0 Å². The SMILES string of the molecule is CC(C)(C)[Si](C)(C)OC1=CC2(CCCC2)c2ccc(Br)cc21. The van der Waals surface area contributed by atoms with Crippen molar-refractivity contribution < 1.29 is 4.43 Å². The minimum Gasteiger partial charge on any atom is -0.543 e. The number of hydrogen-bond donors (Lipinski definition) is 0. The summed E-state index contributed by atoms with van der Waals surface area (Å²) < 4.78 is 7.86. The van der Waals surface area contributed by atoms with Crippen LogP contribution in [0.25, 0.3) is 5.76 Å². The average molecular weight is 379 g/mol. The summed E-state index contributed by atoms with van der Waals surface area (Å²) in [5.74, 6) is 1.14. The van der Waals surface area contributed by atoms with Gasteiger partial charge in [0, 0.05) is 15.5 Å². The van der Waals surface area contributed by atoms with Gasteiger partial charge in [0.2, 0.25) is 8.32 Å². The fourth-order valence-corrected chi connectivity index (χ4v) is 4.88. The minimum atomic E-state index is -1.81. The van der Waals surface area contributed by atoms with E-state index in [1.54, 1.807) is 0 Å². The van der Waals surface area contributed by atoms with E-state index >= 15 is 0 Å². The minimum absolute atomic E-state index is 0.228. The third-order valence-electron chi connectivity index (χ3n) is 5.86. The van der Waals surface area contributed by atoms with Crippen LogP contribution in [0.1, 0.15) is 57.6 Å². The van der Waals surface area contributed by atoms with Crippen LogP contribution in [0.3, 0.4) is 0 Å². The molecular formula is C19H27BrOSi. The summed E-state index contributed by atoms with van der Waals surface area (Å²) in [6.07, 6.45) is 7.66. The van der Waals surface area contributed by atoms with Crippen molar-refractivity contribution in [1.82, 2.24) is 0 Å². The van der Waals surface area contributed by atoms with Gasteiger partial charge in [0.25, 0.3) is 0 Å². The molecule has 22 heavy (non-hydrogen) atoms. The van der Waals surface area contributed by atoms with E-state index in [9.17, 15) is 0 Å². The van der Waals surface area contributed by atoms with E-state index in [4.69, 9.17) is 4.43 Å². The average Bonchev–Trinajstić information content (AvgIpc) is 2.95.